The second-order valence-corrected chi connectivity index (χ2v) is 7.62. The highest BCUT2D eigenvalue weighted by molar-refractivity contribution is 8.18. The van der Waals surface area contributed by atoms with Gasteiger partial charge in [0, 0.05) is 10.6 Å². The van der Waals surface area contributed by atoms with E-state index in [0.29, 0.717) is 10.6 Å². The first kappa shape index (κ1) is 17.4. The fourth-order valence-corrected chi connectivity index (χ4v) is 3.90. The van der Waals surface area contributed by atoms with Crippen LogP contribution in [0.15, 0.2) is 40.6 Å². The van der Waals surface area contributed by atoms with Crippen LogP contribution in [0.4, 0.5) is 10.5 Å². The minimum atomic E-state index is -0.431. The third-order valence-electron chi connectivity index (χ3n) is 3.66. The van der Waals surface area contributed by atoms with E-state index in [4.69, 9.17) is 0 Å². The topological polar surface area (TPSA) is 66.5 Å². The van der Waals surface area contributed by atoms with E-state index in [-0.39, 0.29) is 6.54 Å². The number of thioether (sulfide) groups is 1. The fraction of sp³-hybridized carbons (Fsp3) is 0.167. The molecule has 1 aliphatic heterocycles. The van der Waals surface area contributed by atoms with E-state index in [1.54, 1.807) is 6.08 Å². The predicted molar refractivity (Wildman–Crippen MR) is 102 cm³/mol. The minimum absolute atomic E-state index is 0.292. The van der Waals surface area contributed by atoms with Gasteiger partial charge in [0.05, 0.1) is 4.91 Å². The van der Waals surface area contributed by atoms with Gasteiger partial charge in [-0.25, -0.2) is 0 Å². The Morgan fingerprint density at radius 2 is 2.04 bits per heavy atom. The lowest BCUT2D eigenvalue weighted by Gasteiger charge is -2.14. The van der Waals surface area contributed by atoms with E-state index >= 15 is 0 Å². The summed E-state index contributed by atoms with van der Waals surface area (Å²) in [7, 11) is 0. The fourth-order valence-electron chi connectivity index (χ4n) is 2.34. The molecule has 0 spiro atoms. The van der Waals surface area contributed by atoms with E-state index in [0.717, 1.165) is 32.7 Å². The molecular formula is C18H16N2O3S2. The normalized spacial score (nSPS) is 15.9. The Bertz CT molecular complexity index is 872. The van der Waals surface area contributed by atoms with Crippen molar-refractivity contribution < 1.29 is 14.4 Å². The van der Waals surface area contributed by atoms with Crippen LogP contribution in [0.25, 0.3) is 6.08 Å². The summed E-state index contributed by atoms with van der Waals surface area (Å²) in [6.07, 6.45) is 1.68. The molecule has 0 unspecified atom stereocenters. The summed E-state index contributed by atoms with van der Waals surface area (Å²) < 4.78 is 0. The Morgan fingerprint density at radius 1 is 1.24 bits per heavy atom. The standard InChI is InChI=1S/C18H16N2O3S2/c1-11-5-6-12(2)14(8-11)19-16(21)10-20-17(22)15(25-18(20)23)9-13-4-3-7-24-13/h3-9H,10H2,1-2H3,(H,19,21)/b15-9+. The van der Waals surface area contributed by atoms with Crippen LogP contribution in [-0.4, -0.2) is 28.5 Å². The quantitative estimate of drug-likeness (QED) is 0.823. The van der Waals surface area contributed by atoms with Gasteiger partial charge in [0.1, 0.15) is 6.54 Å². The van der Waals surface area contributed by atoms with Crippen molar-refractivity contribution in [2.45, 2.75) is 13.8 Å². The number of nitrogens with one attached hydrogen (secondary N) is 1. The first-order chi connectivity index (χ1) is 11.9. The molecule has 0 bridgehead atoms. The molecule has 0 radical (unpaired) electrons. The zero-order chi connectivity index (χ0) is 18.0. The van der Waals surface area contributed by atoms with Gasteiger partial charge < -0.3 is 5.32 Å². The zero-order valence-electron chi connectivity index (χ0n) is 13.7. The Kier molecular flexibility index (Phi) is 5.06. The molecule has 0 atom stereocenters. The number of benzene rings is 1. The molecule has 0 aliphatic carbocycles. The number of nitrogens with zero attached hydrogens (tertiary/aromatic N) is 1. The van der Waals surface area contributed by atoms with Crippen LogP contribution in [0.2, 0.25) is 0 Å². The molecule has 1 saturated heterocycles. The SMILES string of the molecule is Cc1ccc(C)c(NC(=O)CN2C(=O)S/C(=C/c3cccs3)C2=O)c1. The van der Waals surface area contributed by atoms with Gasteiger partial charge in [-0.05, 0) is 60.3 Å². The molecule has 1 aromatic heterocycles. The molecular weight excluding hydrogens is 356 g/mol. The van der Waals surface area contributed by atoms with Crippen molar-refractivity contribution in [1.29, 1.82) is 0 Å². The van der Waals surface area contributed by atoms with Crippen molar-refractivity contribution in [3.63, 3.8) is 0 Å². The van der Waals surface area contributed by atoms with E-state index < -0.39 is 17.1 Å². The first-order valence-electron chi connectivity index (χ1n) is 7.60. The summed E-state index contributed by atoms with van der Waals surface area (Å²) in [6, 6.07) is 9.47. The van der Waals surface area contributed by atoms with Crippen LogP contribution in [0, 0.1) is 13.8 Å². The molecule has 0 saturated carbocycles. The molecule has 2 aromatic rings. The van der Waals surface area contributed by atoms with Crippen molar-refractivity contribution in [3.05, 3.63) is 56.6 Å². The van der Waals surface area contributed by atoms with E-state index in [9.17, 15) is 14.4 Å². The van der Waals surface area contributed by atoms with E-state index in [2.05, 4.69) is 5.32 Å². The van der Waals surface area contributed by atoms with Gasteiger partial charge in [-0.15, -0.1) is 11.3 Å². The molecule has 1 aliphatic rings. The van der Waals surface area contributed by atoms with Crippen LogP contribution in [0.3, 0.4) is 0 Å². The van der Waals surface area contributed by atoms with Gasteiger partial charge in [0.2, 0.25) is 5.91 Å². The van der Waals surface area contributed by atoms with Gasteiger partial charge in [0.15, 0.2) is 0 Å². The molecule has 7 heteroatoms. The summed E-state index contributed by atoms with van der Waals surface area (Å²) in [5, 5.41) is 4.24. The zero-order valence-corrected chi connectivity index (χ0v) is 15.4. The Hall–Kier alpha value is -2.38. The smallest absolute Gasteiger partial charge is 0.294 e. The lowest BCUT2D eigenvalue weighted by molar-refractivity contribution is -0.127. The lowest BCUT2D eigenvalue weighted by Crippen LogP contribution is -2.36. The molecule has 2 heterocycles. The third-order valence-corrected chi connectivity index (χ3v) is 5.39. The highest BCUT2D eigenvalue weighted by Gasteiger charge is 2.36. The van der Waals surface area contributed by atoms with Crippen LogP contribution in [0.5, 0.6) is 0 Å². The molecule has 25 heavy (non-hydrogen) atoms. The number of imide groups is 1. The minimum Gasteiger partial charge on any atom is -0.324 e. The highest BCUT2D eigenvalue weighted by Crippen LogP contribution is 2.32. The monoisotopic (exact) mass is 372 g/mol. The summed E-state index contributed by atoms with van der Waals surface area (Å²) >= 11 is 2.34. The second kappa shape index (κ2) is 7.25. The highest BCUT2D eigenvalue weighted by atomic mass is 32.2. The molecule has 1 N–H and O–H groups in total. The Morgan fingerprint density at radius 3 is 2.76 bits per heavy atom. The maximum Gasteiger partial charge on any atom is 0.294 e. The molecule has 128 valence electrons. The van der Waals surface area contributed by atoms with Crippen LogP contribution in [0.1, 0.15) is 16.0 Å². The number of rotatable bonds is 4. The summed E-state index contributed by atoms with van der Waals surface area (Å²) in [4.78, 5) is 38.9. The number of aryl methyl sites for hydroxylation is 2. The van der Waals surface area contributed by atoms with E-state index in [1.807, 2.05) is 49.6 Å². The van der Waals surface area contributed by atoms with E-state index in [1.165, 1.54) is 11.3 Å². The third kappa shape index (κ3) is 4.00. The largest absolute Gasteiger partial charge is 0.324 e. The Labute approximate surface area is 153 Å². The second-order valence-electron chi connectivity index (χ2n) is 5.65. The van der Waals surface area contributed by atoms with Gasteiger partial charge in [-0.3, -0.25) is 19.3 Å². The average Bonchev–Trinajstić information content (AvgIpc) is 3.15. The number of anilines is 1. The summed E-state index contributed by atoms with van der Waals surface area (Å²) in [6.45, 7) is 3.53. The molecule has 3 rings (SSSR count). The number of thiophene rings is 1. The molecule has 1 fully saturated rings. The van der Waals surface area contributed by atoms with Gasteiger partial charge in [0.25, 0.3) is 11.1 Å². The van der Waals surface area contributed by atoms with Crippen molar-refractivity contribution in [2.75, 3.05) is 11.9 Å². The maximum absolute atomic E-state index is 12.4. The van der Waals surface area contributed by atoms with Gasteiger partial charge in [-0.2, -0.15) is 0 Å². The number of hydrogen-bond donors (Lipinski definition) is 1. The van der Waals surface area contributed by atoms with Crippen LogP contribution in [-0.2, 0) is 9.59 Å². The predicted octanol–water partition coefficient (Wildman–Crippen LogP) is 4.04. The van der Waals surface area contributed by atoms with Gasteiger partial charge in [-0.1, -0.05) is 18.2 Å². The number of carbonyl (C=O) groups excluding carboxylic acids is 3. The van der Waals surface area contributed by atoms with Crippen molar-refractivity contribution in [3.8, 4) is 0 Å². The number of hydrogen-bond acceptors (Lipinski definition) is 5. The Balaban J connectivity index is 1.70. The first-order valence-corrected chi connectivity index (χ1v) is 9.29. The molecule has 3 amide bonds. The van der Waals surface area contributed by atoms with Gasteiger partial charge >= 0.3 is 0 Å². The lowest BCUT2D eigenvalue weighted by atomic mass is 10.1. The maximum atomic E-state index is 12.4. The van der Waals surface area contributed by atoms with Crippen molar-refractivity contribution >= 4 is 51.9 Å². The van der Waals surface area contributed by atoms with Crippen LogP contribution >= 0.6 is 23.1 Å². The average molecular weight is 372 g/mol. The van der Waals surface area contributed by atoms with Crippen molar-refractivity contribution in [1.82, 2.24) is 4.90 Å². The molecule has 5 nitrogen and oxygen atoms in total. The summed E-state index contributed by atoms with van der Waals surface area (Å²) in [5.41, 5.74) is 2.63. The molecule has 1 aromatic carbocycles. The van der Waals surface area contributed by atoms with Crippen LogP contribution < -0.4 is 5.32 Å². The van der Waals surface area contributed by atoms with Crippen molar-refractivity contribution in [2.24, 2.45) is 0 Å². The number of carbonyl (C=O) groups is 3. The summed E-state index contributed by atoms with van der Waals surface area (Å²) in [5.74, 6) is -0.826. The number of amides is 3.